The lowest BCUT2D eigenvalue weighted by atomic mass is 10.1. The minimum Gasteiger partial charge on any atom is -0.343 e. The number of aromatic nitrogens is 1. The van der Waals surface area contributed by atoms with Crippen molar-refractivity contribution >= 4 is 45.5 Å². The van der Waals surface area contributed by atoms with Gasteiger partial charge in [-0.15, -0.1) is 6.58 Å². The van der Waals surface area contributed by atoms with E-state index < -0.39 is 0 Å². The molecule has 1 aliphatic rings. The molecule has 0 radical (unpaired) electrons. The molecule has 1 aliphatic heterocycles. The molecule has 0 unspecified atom stereocenters. The van der Waals surface area contributed by atoms with Gasteiger partial charge < -0.3 is 4.57 Å². The van der Waals surface area contributed by atoms with E-state index >= 15 is 0 Å². The average Bonchev–Trinajstić information content (AvgIpc) is 3.21. The first kappa shape index (κ1) is 18.3. The number of hydrogen-bond donors (Lipinski definition) is 0. The Kier molecular flexibility index (Phi) is 5.17. The summed E-state index contributed by atoms with van der Waals surface area (Å²) in [6, 6.07) is 18.0. The number of allylic oxidation sites excluding steroid dienone is 1. The second-order valence-electron chi connectivity index (χ2n) is 6.43. The van der Waals surface area contributed by atoms with E-state index in [0.717, 1.165) is 33.9 Å². The maximum absolute atomic E-state index is 12.9. The third-order valence-electron chi connectivity index (χ3n) is 4.62. The van der Waals surface area contributed by atoms with E-state index in [1.807, 2.05) is 61.5 Å². The summed E-state index contributed by atoms with van der Waals surface area (Å²) in [7, 11) is 0. The molecule has 0 N–H and O–H groups in total. The van der Waals surface area contributed by atoms with Gasteiger partial charge in [-0.2, -0.15) is 0 Å². The summed E-state index contributed by atoms with van der Waals surface area (Å²) in [4.78, 5) is 20.0. The Morgan fingerprint density at radius 1 is 1.11 bits per heavy atom. The zero-order valence-electron chi connectivity index (χ0n) is 15.7. The van der Waals surface area contributed by atoms with Crippen molar-refractivity contribution in [1.29, 1.82) is 0 Å². The molecule has 5 heteroatoms. The number of para-hydroxylation sites is 2. The van der Waals surface area contributed by atoms with Crippen LogP contribution in [-0.4, -0.2) is 27.1 Å². The van der Waals surface area contributed by atoms with Gasteiger partial charge >= 0.3 is 0 Å². The molecule has 1 amide bonds. The lowest BCUT2D eigenvalue weighted by Gasteiger charge is -2.11. The minimum atomic E-state index is 0.00253. The summed E-state index contributed by atoms with van der Waals surface area (Å²) < 4.78 is 2.15. The van der Waals surface area contributed by atoms with Crippen molar-refractivity contribution in [1.82, 2.24) is 9.47 Å². The fourth-order valence-electron chi connectivity index (χ4n) is 3.30. The summed E-state index contributed by atoms with van der Waals surface area (Å²) in [5.41, 5.74) is 3.01. The van der Waals surface area contributed by atoms with Gasteiger partial charge in [0.1, 0.15) is 0 Å². The molecule has 0 spiro atoms. The molecule has 2 heterocycles. The number of benzene rings is 2. The summed E-state index contributed by atoms with van der Waals surface area (Å²) in [6.45, 7) is 7.13. The standard InChI is InChI=1S/C23H21N3OS/c1-3-14-25-16-17(19-12-8-9-13-20(19)25)15-21-22(27)26(4-2)23(28-21)24-18-10-6-5-7-11-18/h3,5-13,15-16H,1,4,14H2,2H3/b21-15+,24-23?. The van der Waals surface area contributed by atoms with Gasteiger partial charge in [0.25, 0.3) is 5.91 Å². The lowest BCUT2D eigenvalue weighted by Crippen LogP contribution is -2.28. The summed E-state index contributed by atoms with van der Waals surface area (Å²) in [5, 5.41) is 1.85. The van der Waals surface area contributed by atoms with E-state index in [1.165, 1.54) is 11.8 Å². The highest BCUT2D eigenvalue weighted by molar-refractivity contribution is 8.18. The van der Waals surface area contributed by atoms with Gasteiger partial charge in [0.05, 0.1) is 10.6 Å². The Hall–Kier alpha value is -3.05. The number of thioether (sulfide) groups is 1. The van der Waals surface area contributed by atoms with Crippen LogP contribution in [0.3, 0.4) is 0 Å². The molecule has 3 aromatic rings. The molecule has 4 rings (SSSR count). The van der Waals surface area contributed by atoms with E-state index in [1.54, 1.807) is 4.90 Å². The van der Waals surface area contributed by atoms with Gasteiger partial charge in [0.2, 0.25) is 0 Å². The molecule has 1 fully saturated rings. The van der Waals surface area contributed by atoms with Crippen LogP contribution in [0, 0.1) is 0 Å². The maximum Gasteiger partial charge on any atom is 0.266 e. The summed E-state index contributed by atoms with van der Waals surface area (Å²) in [6.07, 6.45) is 5.93. The van der Waals surface area contributed by atoms with Gasteiger partial charge in [-0.1, -0.05) is 42.5 Å². The predicted octanol–water partition coefficient (Wildman–Crippen LogP) is 5.45. The van der Waals surface area contributed by atoms with Gasteiger partial charge in [-0.3, -0.25) is 9.69 Å². The van der Waals surface area contributed by atoms with Crippen molar-refractivity contribution in [2.45, 2.75) is 13.5 Å². The normalized spacial score (nSPS) is 17.2. The van der Waals surface area contributed by atoms with Crippen LogP contribution in [0.4, 0.5) is 5.69 Å². The number of nitrogens with zero attached hydrogens (tertiary/aromatic N) is 3. The van der Waals surface area contributed by atoms with E-state index in [0.29, 0.717) is 11.4 Å². The molecule has 1 saturated heterocycles. The number of aliphatic imine (C=N–C) groups is 1. The number of fused-ring (bicyclic) bond motifs is 1. The van der Waals surface area contributed by atoms with Crippen LogP contribution in [-0.2, 0) is 11.3 Å². The van der Waals surface area contributed by atoms with Gasteiger partial charge in [-0.25, -0.2) is 4.99 Å². The van der Waals surface area contributed by atoms with Crippen molar-refractivity contribution in [3.05, 3.63) is 83.9 Å². The second kappa shape index (κ2) is 7.90. The Bertz CT molecular complexity index is 1100. The lowest BCUT2D eigenvalue weighted by molar-refractivity contribution is -0.122. The van der Waals surface area contributed by atoms with Crippen molar-refractivity contribution < 1.29 is 4.79 Å². The zero-order valence-corrected chi connectivity index (χ0v) is 16.5. The van der Waals surface area contributed by atoms with Crippen LogP contribution >= 0.6 is 11.8 Å². The van der Waals surface area contributed by atoms with E-state index in [9.17, 15) is 4.79 Å². The largest absolute Gasteiger partial charge is 0.343 e. The molecule has 1 aromatic heterocycles. The van der Waals surface area contributed by atoms with Gasteiger partial charge in [0, 0.05) is 35.8 Å². The Morgan fingerprint density at radius 3 is 2.61 bits per heavy atom. The van der Waals surface area contributed by atoms with Crippen molar-refractivity contribution in [2.75, 3.05) is 6.54 Å². The Morgan fingerprint density at radius 2 is 1.86 bits per heavy atom. The molecular weight excluding hydrogens is 366 g/mol. The summed E-state index contributed by atoms with van der Waals surface area (Å²) >= 11 is 1.43. The molecular formula is C23H21N3OS. The highest BCUT2D eigenvalue weighted by Crippen LogP contribution is 2.35. The van der Waals surface area contributed by atoms with Gasteiger partial charge in [0.15, 0.2) is 5.17 Å². The smallest absolute Gasteiger partial charge is 0.266 e. The minimum absolute atomic E-state index is 0.00253. The SMILES string of the molecule is C=CCn1cc(/C=C2/SC(=Nc3ccccc3)N(CC)C2=O)c2ccccc21. The fraction of sp³-hybridized carbons (Fsp3) is 0.130. The van der Waals surface area contributed by atoms with Crippen molar-refractivity contribution in [2.24, 2.45) is 4.99 Å². The molecule has 0 atom stereocenters. The summed E-state index contributed by atoms with van der Waals surface area (Å²) in [5.74, 6) is 0.00253. The van der Waals surface area contributed by atoms with Crippen LogP contribution in [0.2, 0.25) is 0 Å². The zero-order chi connectivity index (χ0) is 19.5. The molecule has 0 bridgehead atoms. The fourth-order valence-corrected chi connectivity index (χ4v) is 4.36. The molecule has 4 nitrogen and oxygen atoms in total. The van der Waals surface area contributed by atoms with E-state index in [4.69, 9.17) is 0 Å². The topological polar surface area (TPSA) is 37.6 Å². The third kappa shape index (κ3) is 3.41. The number of hydrogen-bond acceptors (Lipinski definition) is 3. The molecule has 28 heavy (non-hydrogen) atoms. The van der Waals surface area contributed by atoms with Gasteiger partial charge in [-0.05, 0) is 43.0 Å². The number of amidine groups is 1. The third-order valence-corrected chi connectivity index (χ3v) is 5.62. The number of amides is 1. The molecule has 140 valence electrons. The van der Waals surface area contributed by atoms with Crippen LogP contribution in [0.25, 0.3) is 17.0 Å². The highest BCUT2D eigenvalue weighted by atomic mass is 32.2. The van der Waals surface area contributed by atoms with Crippen LogP contribution in [0.5, 0.6) is 0 Å². The molecule has 0 saturated carbocycles. The highest BCUT2D eigenvalue weighted by Gasteiger charge is 2.32. The quantitative estimate of drug-likeness (QED) is 0.431. The first-order valence-electron chi connectivity index (χ1n) is 9.25. The first-order valence-corrected chi connectivity index (χ1v) is 10.1. The maximum atomic E-state index is 12.9. The van der Waals surface area contributed by atoms with E-state index in [-0.39, 0.29) is 5.91 Å². The van der Waals surface area contributed by atoms with Crippen molar-refractivity contribution in [3.63, 3.8) is 0 Å². The molecule has 0 aliphatic carbocycles. The Labute approximate surface area is 168 Å². The second-order valence-corrected chi connectivity index (χ2v) is 7.44. The van der Waals surface area contributed by atoms with Crippen LogP contribution in [0.1, 0.15) is 12.5 Å². The Balaban J connectivity index is 1.74. The number of carbonyl (C=O) groups is 1. The molecule has 2 aromatic carbocycles. The van der Waals surface area contributed by atoms with Crippen LogP contribution < -0.4 is 0 Å². The monoisotopic (exact) mass is 387 g/mol. The first-order chi connectivity index (χ1) is 13.7. The number of likely N-dealkylation sites (N-methyl/N-ethyl adjacent to an activating group) is 1. The van der Waals surface area contributed by atoms with Crippen LogP contribution in [0.15, 0.2) is 83.3 Å². The average molecular weight is 388 g/mol. The van der Waals surface area contributed by atoms with E-state index in [2.05, 4.69) is 34.5 Å². The van der Waals surface area contributed by atoms with Crippen molar-refractivity contribution in [3.8, 4) is 0 Å². The number of carbonyl (C=O) groups excluding carboxylic acids is 1. The number of rotatable bonds is 5. The predicted molar refractivity (Wildman–Crippen MR) is 119 cm³/mol.